The van der Waals surface area contributed by atoms with E-state index in [0.29, 0.717) is 36.3 Å². The summed E-state index contributed by atoms with van der Waals surface area (Å²) >= 11 is 1.48. The lowest BCUT2D eigenvalue weighted by Crippen LogP contribution is -2.16. The van der Waals surface area contributed by atoms with Gasteiger partial charge in [0.2, 0.25) is 11.8 Å². The molecule has 0 aliphatic rings. The van der Waals surface area contributed by atoms with Crippen LogP contribution in [0.25, 0.3) is 10.8 Å². The number of anilines is 1. The molecule has 0 aliphatic carbocycles. The van der Waals surface area contributed by atoms with Crippen LogP contribution in [0.1, 0.15) is 38.1 Å². The zero-order chi connectivity index (χ0) is 23.1. The van der Waals surface area contributed by atoms with E-state index in [-0.39, 0.29) is 23.5 Å². The topological polar surface area (TPSA) is 117 Å². The second-order valence-electron chi connectivity index (χ2n) is 6.99. The summed E-state index contributed by atoms with van der Waals surface area (Å²) < 4.78 is 17.0. The van der Waals surface area contributed by atoms with Crippen molar-refractivity contribution in [1.29, 1.82) is 0 Å². The van der Waals surface area contributed by atoms with Gasteiger partial charge in [-0.25, -0.2) is 4.98 Å². The molecule has 0 saturated heterocycles. The molecule has 3 rings (SSSR count). The molecular formula is C22H25N3O6S. The molecule has 0 unspecified atom stereocenters. The van der Waals surface area contributed by atoms with Crippen LogP contribution in [0.5, 0.6) is 11.5 Å². The number of nitrogens with one attached hydrogen (secondary N) is 1. The van der Waals surface area contributed by atoms with Crippen LogP contribution in [0.3, 0.4) is 0 Å². The Labute approximate surface area is 189 Å². The number of aryl methyl sites for hydroxylation is 1. The van der Waals surface area contributed by atoms with Gasteiger partial charge in [-0.3, -0.25) is 14.9 Å². The Morgan fingerprint density at radius 2 is 1.91 bits per heavy atom. The summed E-state index contributed by atoms with van der Waals surface area (Å²) in [5.74, 6) is 1.13. The molecule has 0 aliphatic heterocycles. The molecular weight excluding hydrogens is 434 g/mol. The van der Waals surface area contributed by atoms with Gasteiger partial charge < -0.3 is 19.2 Å². The van der Waals surface area contributed by atoms with Crippen LogP contribution in [0.15, 0.2) is 34.1 Å². The van der Waals surface area contributed by atoms with Gasteiger partial charge in [0.15, 0.2) is 11.5 Å². The van der Waals surface area contributed by atoms with Crippen LogP contribution < -0.4 is 14.8 Å². The van der Waals surface area contributed by atoms with E-state index in [2.05, 4.69) is 10.3 Å². The molecule has 0 spiro atoms. The van der Waals surface area contributed by atoms with E-state index in [0.717, 1.165) is 17.7 Å². The molecule has 0 fully saturated rings. The lowest BCUT2D eigenvalue weighted by atomic mass is 10.2. The number of aromatic nitrogens is 1. The van der Waals surface area contributed by atoms with E-state index in [1.807, 2.05) is 31.4 Å². The number of nitro benzene ring substituents is 1. The molecule has 0 bridgehead atoms. The van der Waals surface area contributed by atoms with Crippen LogP contribution in [0.4, 0.5) is 11.4 Å². The smallest absolute Gasteiger partial charge is 0.296 e. The second-order valence-corrected chi connectivity index (χ2v) is 7.94. The first-order chi connectivity index (χ1) is 15.4. The number of oxazole rings is 1. The highest BCUT2D eigenvalue weighted by molar-refractivity contribution is 7.13. The van der Waals surface area contributed by atoms with Crippen LogP contribution in [-0.4, -0.2) is 29.0 Å². The SMILES string of the molecule is CCCOc1cc(NC(=O)Cc2nc(-c3cccs3)oc2C)c([N+](=O)[O-])cc1OCCC. The van der Waals surface area contributed by atoms with Crippen molar-refractivity contribution in [3.05, 3.63) is 51.2 Å². The Balaban J connectivity index is 1.83. The highest BCUT2D eigenvalue weighted by Crippen LogP contribution is 2.38. The number of hydrogen-bond donors (Lipinski definition) is 1. The Hall–Kier alpha value is -3.40. The monoisotopic (exact) mass is 459 g/mol. The molecule has 0 saturated carbocycles. The van der Waals surface area contributed by atoms with Crippen molar-refractivity contribution >= 4 is 28.6 Å². The van der Waals surface area contributed by atoms with Gasteiger partial charge in [0.05, 0.1) is 41.2 Å². The zero-order valence-electron chi connectivity index (χ0n) is 18.2. The third-order valence-electron chi connectivity index (χ3n) is 4.41. The molecule has 3 aromatic rings. The number of nitro groups is 1. The van der Waals surface area contributed by atoms with E-state index >= 15 is 0 Å². The maximum atomic E-state index is 12.7. The van der Waals surface area contributed by atoms with Crippen molar-refractivity contribution in [2.24, 2.45) is 0 Å². The number of carbonyl (C=O) groups is 1. The molecule has 1 N–H and O–H groups in total. The molecule has 170 valence electrons. The third kappa shape index (κ3) is 5.64. The first kappa shape index (κ1) is 23.3. The summed E-state index contributed by atoms with van der Waals surface area (Å²) in [6.07, 6.45) is 1.41. The first-order valence-corrected chi connectivity index (χ1v) is 11.2. The fourth-order valence-corrected chi connectivity index (χ4v) is 3.54. The Morgan fingerprint density at radius 3 is 2.50 bits per heavy atom. The molecule has 9 nitrogen and oxygen atoms in total. The van der Waals surface area contributed by atoms with Crippen LogP contribution in [0.2, 0.25) is 0 Å². The average molecular weight is 460 g/mol. The molecule has 0 radical (unpaired) electrons. The van der Waals surface area contributed by atoms with Gasteiger partial charge in [-0.05, 0) is 31.2 Å². The van der Waals surface area contributed by atoms with E-state index < -0.39 is 10.8 Å². The molecule has 2 heterocycles. The Bertz CT molecular complexity index is 1080. The average Bonchev–Trinajstić information content (AvgIpc) is 3.41. The summed E-state index contributed by atoms with van der Waals surface area (Å²) in [5.41, 5.74) is 0.234. The first-order valence-electron chi connectivity index (χ1n) is 10.3. The summed E-state index contributed by atoms with van der Waals surface area (Å²) in [7, 11) is 0. The van der Waals surface area contributed by atoms with Gasteiger partial charge in [-0.1, -0.05) is 19.9 Å². The quantitative estimate of drug-likeness (QED) is 0.302. The number of hydrogen-bond acceptors (Lipinski definition) is 8. The number of carbonyl (C=O) groups excluding carboxylic acids is 1. The lowest BCUT2D eigenvalue weighted by Gasteiger charge is -2.14. The maximum Gasteiger partial charge on any atom is 0.296 e. The maximum absolute atomic E-state index is 12.7. The number of ether oxygens (including phenoxy) is 2. The number of amides is 1. The van der Waals surface area contributed by atoms with Crippen molar-refractivity contribution in [3.8, 4) is 22.3 Å². The summed E-state index contributed by atoms with van der Waals surface area (Å²) in [5, 5.41) is 16.2. The van der Waals surface area contributed by atoms with E-state index in [4.69, 9.17) is 13.9 Å². The minimum absolute atomic E-state index is 0.0366. The van der Waals surface area contributed by atoms with Gasteiger partial charge >= 0.3 is 0 Å². The number of nitrogens with zero attached hydrogens (tertiary/aromatic N) is 2. The molecule has 10 heteroatoms. The second kappa shape index (κ2) is 10.8. The highest BCUT2D eigenvalue weighted by Gasteiger charge is 2.23. The number of thiophene rings is 1. The van der Waals surface area contributed by atoms with Crippen molar-refractivity contribution in [3.63, 3.8) is 0 Å². The van der Waals surface area contributed by atoms with E-state index in [1.54, 1.807) is 6.92 Å². The third-order valence-corrected chi connectivity index (χ3v) is 5.27. The van der Waals surface area contributed by atoms with E-state index in [9.17, 15) is 14.9 Å². The number of benzene rings is 1. The number of rotatable bonds is 11. The summed E-state index contributed by atoms with van der Waals surface area (Å²) in [6, 6.07) is 6.48. The summed E-state index contributed by atoms with van der Waals surface area (Å²) in [4.78, 5) is 29.0. The zero-order valence-corrected chi connectivity index (χ0v) is 19.0. The van der Waals surface area contributed by atoms with Gasteiger partial charge in [0, 0.05) is 6.07 Å². The Kier molecular flexibility index (Phi) is 7.82. The molecule has 0 atom stereocenters. The van der Waals surface area contributed by atoms with Gasteiger partial charge in [-0.2, -0.15) is 0 Å². The molecule has 1 amide bonds. The van der Waals surface area contributed by atoms with Crippen LogP contribution in [0, 0.1) is 17.0 Å². The standard InChI is InChI=1S/C22H25N3O6S/c1-4-8-29-18-11-16(17(25(27)28)13-19(18)30-9-5-2)23-21(26)12-15-14(3)31-22(24-15)20-7-6-10-32-20/h6-7,10-11,13H,4-5,8-9,12H2,1-3H3,(H,23,26). The minimum atomic E-state index is -0.561. The van der Waals surface area contributed by atoms with Gasteiger partial charge in [-0.15, -0.1) is 11.3 Å². The van der Waals surface area contributed by atoms with Crippen LogP contribution in [-0.2, 0) is 11.2 Å². The van der Waals surface area contributed by atoms with Crippen molar-refractivity contribution in [2.45, 2.75) is 40.0 Å². The predicted molar refractivity (Wildman–Crippen MR) is 122 cm³/mol. The Morgan fingerprint density at radius 1 is 1.22 bits per heavy atom. The molecule has 2 aromatic heterocycles. The fraction of sp³-hybridized carbons (Fsp3) is 0.364. The van der Waals surface area contributed by atoms with Crippen LogP contribution >= 0.6 is 11.3 Å². The van der Waals surface area contributed by atoms with Gasteiger partial charge in [0.25, 0.3) is 5.69 Å². The molecule has 32 heavy (non-hydrogen) atoms. The fourth-order valence-electron chi connectivity index (χ4n) is 2.89. The van der Waals surface area contributed by atoms with Crippen molar-refractivity contribution in [1.82, 2.24) is 4.98 Å². The van der Waals surface area contributed by atoms with Gasteiger partial charge in [0.1, 0.15) is 11.4 Å². The van der Waals surface area contributed by atoms with Crippen molar-refractivity contribution in [2.75, 3.05) is 18.5 Å². The predicted octanol–water partition coefficient (Wildman–Crippen LogP) is 5.38. The lowest BCUT2D eigenvalue weighted by molar-refractivity contribution is -0.384. The molecule has 1 aromatic carbocycles. The minimum Gasteiger partial charge on any atom is -0.490 e. The van der Waals surface area contributed by atoms with E-state index in [1.165, 1.54) is 23.5 Å². The summed E-state index contributed by atoms with van der Waals surface area (Å²) in [6.45, 7) is 6.42. The highest BCUT2D eigenvalue weighted by atomic mass is 32.1. The normalized spacial score (nSPS) is 10.7. The largest absolute Gasteiger partial charge is 0.490 e. The van der Waals surface area contributed by atoms with Crippen molar-refractivity contribution < 1.29 is 23.6 Å².